The van der Waals surface area contributed by atoms with Crippen molar-refractivity contribution in [2.24, 2.45) is 16.6 Å². The van der Waals surface area contributed by atoms with E-state index in [0.29, 0.717) is 27.6 Å². The number of hydrogen-bond acceptors (Lipinski definition) is 5. The molecule has 1 saturated carbocycles. The van der Waals surface area contributed by atoms with Gasteiger partial charge in [0.15, 0.2) is 5.17 Å². The fourth-order valence-corrected chi connectivity index (χ4v) is 5.29. The van der Waals surface area contributed by atoms with Crippen molar-refractivity contribution < 1.29 is 4.39 Å². The van der Waals surface area contributed by atoms with E-state index in [2.05, 4.69) is 34.8 Å². The molecule has 4 nitrogen and oxygen atoms in total. The summed E-state index contributed by atoms with van der Waals surface area (Å²) in [5, 5.41) is 9.45. The maximum atomic E-state index is 14.7. The van der Waals surface area contributed by atoms with Gasteiger partial charge in [-0.1, -0.05) is 17.7 Å². The number of nitriles is 1. The van der Waals surface area contributed by atoms with Crippen molar-refractivity contribution >= 4 is 16.9 Å². The number of nitrogens with zero attached hydrogens (tertiary/aromatic N) is 3. The molecular weight excluding hydrogens is 371 g/mol. The second kappa shape index (κ2) is 6.36. The Morgan fingerprint density at radius 3 is 2.75 bits per heavy atom. The van der Waals surface area contributed by atoms with Gasteiger partial charge >= 0.3 is 0 Å². The molecular formula is C22H19FN4S. The predicted octanol–water partition coefficient (Wildman–Crippen LogP) is 3.86. The van der Waals surface area contributed by atoms with E-state index in [1.54, 1.807) is 30.0 Å². The summed E-state index contributed by atoms with van der Waals surface area (Å²) in [5.74, 6) is 6.04. The molecule has 0 saturated heterocycles. The van der Waals surface area contributed by atoms with Gasteiger partial charge in [0, 0.05) is 28.0 Å². The zero-order chi connectivity index (χ0) is 20.1. The van der Waals surface area contributed by atoms with Crippen molar-refractivity contribution in [2.45, 2.75) is 37.5 Å². The SMILES string of the molecule is Cc1cc(C#N)cnc1C#Cc1ccc(F)c([C@@]2(C)N=C(N)S[C@@]3(C)C[C@H]32)c1. The maximum absolute atomic E-state index is 14.7. The van der Waals surface area contributed by atoms with Gasteiger partial charge in [-0.15, -0.1) is 0 Å². The van der Waals surface area contributed by atoms with E-state index in [1.165, 1.54) is 12.3 Å². The van der Waals surface area contributed by atoms with Crippen molar-refractivity contribution in [3.8, 4) is 17.9 Å². The quantitative estimate of drug-likeness (QED) is 0.751. The third-order valence-corrected chi connectivity index (χ3v) is 6.81. The lowest BCUT2D eigenvalue weighted by Gasteiger charge is -2.33. The Labute approximate surface area is 168 Å². The van der Waals surface area contributed by atoms with Crippen molar-refractivity contribution in [1.82, 2.24) is 4.98 Å². The molecule has 0 radical (unpaired) electrons. The average Bonchev–Trinajstić information content (AvgIpc) is 3.33. The minimum Gasteiger partial charge on any atom is -0.378 e. The van der Waals surface area contributed by atoms with E-state index in [4.69, 9.17) is 11.0 Å². The molecule has 2 N–H and O–H groups in total. The highest BCUT2D eigenvalue weighted by atomic mass is 32.2. The number of aliphatic imine (C=N–C) groups is 1. The van der Waals surface area contributed by atoms with Crippen LogP contribution in [0.1, 0.15) is 48.2 Å². The number of halogens is 1. The molecule has 3 atom stereocenters. The zero-order valence-corrected chi connectivity index (χ0v) is 16.7. The third-order valence-electron chi connectivity index (χ3n) is 5.59. The predicted molar refractivity (Wildman–Crippen MR) is 109 cm³/mol. The van der Waals surface area contributed by atoms with E-state index in [-0.39, 0.29) is 16.5 Å². The highest BCUT2D eigenvalue weighted by Gasteiger charge is 2.63. The van der Waals surface area contributed by atoms with Crippen LogP contribution in [0.2, 0.25) is 0 Å². The first-order valence-corrected chi connectivity index (χ1v) is 9.80. The number of pyridine rings is 1. The molecule has 2 aromatic rings. The first kappa shape index (κ1) is 18.5. The van der Waals surface area contributed by atoms with Crippen LogP contribution in [-0.2, 0) is 5.54 Å². The lowest BCUT2D eigenvalue weighted by atomic mass is 9.85. The van der Waals surface area contributed by atoms with E-state index in [1.807, 2.05) is 13.8 Å². The first-order valence-electron chi connectivity index (χ1n) is 8.98. The van der Waals surface area contributed by atoms with Crippen LogP contribution in [0.15, 0.2) is 35.5 Å². The highest BCUT2D eigenvalue weighted by molar-refractivity contribution is 8.15. The first-order chi connectivity index (χ1) is 13.2. The minimum atomic E-state index is -0.686. The highest BCUT2D eigenvalue weighted by Crippen LogP contribution is 2.65. The molecule has 1 aliphatic heterocycles. The molecule has 1 aromatic carbocycles. The molecule has 6 heteroatoms. The number of thioether (sulfide) groups is 1. The smallest absolute Gasteiger partial charge is 0.155 e. The van der Waals surface area contributed by atoms with Crippen LogP contribution in [0, 0.1) is 41.8 Å². The largest absolute Gasteiger partial charge is 0.378 e. The van der Waals surface area contributed by atoms with E-state index < -0.39 is 5.54 Å². The molecule has 4 rings (SSSR count). The number of benzene rings is 1. The topological polar surface area (TPSA) is 75.1 Å². The Balaban J connectivity index is 1.72. The molecule has 0 unspecified atom stereocenters. The average molecular weight is 390 g/mol. The molecule has 2 aliphatic rings. The molecule has 140 valence electrons. The zero-order valence-electron chi connectivity index (χ0n) is 15.9. The van der Waals surface area contributed by atoms with Crippen LogP contribution in [0.5, 0.6) is 0 Å². The van der Waals surface area contributed by atoms with Crippen LogP contribution in [0.25, 0.3) is 0 Å². The van der Waals surface area contributed by atoms with Gasteiger partial charge in [-0.2, -0.15) is 5.26 Å². The van der Waals surface area contributed by atoms with Gasteiger partial charge < -0.3 is 5.73 Å². The van der Waals surface area contributed by atoms with Gasteiger partial charge in [0.1, 0.15) is 17.6 Å². The summed E-state index contributed by atoms with van der Waals surface area (Å²) in [6, 6.07) is 8.68. The van der Waals surface area contributed by atoms with Gasteiger partial charge in [-0.3, -0.25) is 4.99 Å². The maximum Gasteiger partial charge on any atom is 0.155 e. The number of aromatic nitrogens is 1. The summed E-state index contributed by atoms with van der Waals surface area (Å²) < 4.78 is 14.8. The van der Waals surface area contributed by atoms with Gasteiger partial charge in [-0.25, -0.2) is 9.37 Å². The van der Waals surface area contributed by atoms with Gasteiger partial charge in [0.25, 0.3) is 0 Å². The van der Waals surface area contributed by atoms with E-state index in [0.717, 1.165) is 12.0 Å². The van der Waals surface area contributed by atoms with Crippen molar-refractivity contribution in [2.75, 3.05) is 0 Å². The molecule has 2 heterocycles. The monoisotopic (exact) mass is 390 g/mol. The van der Waals surface area contributed by atoms with E-state index >= 15 is 0 Å². The Hall–Kier alpha value is -2.83. The number of hydrogen-bond donors (Lipinski definition) is 1. The normalized spacial score (nSPS) is 27.7. The lowest BCUT2D eigenvalue weighted by Crippen LogP contribution is -2.34. The summed E-state index contributed by atoms with van der Waals surface area (Å²) in [4.78, 5) is 8.87. The van der Waals surface area contributed by atoms with Crippen LogP contribution in [0.3, 0.4) is 0 Å². The standard InChI is InChI=1S/C22H19FN4S/c1-13-8-15(11-24)12-26-18(13)7-5-14-4-6-17(23)16(9-14)22(3)19-10-21(19,2)28-20(25)27-22/h4,6,8-9,12,19H,10H2,1-3H3,(H2,25,27)/t19-,21+,22-/m1/s1. The number of rotatable bonds is 1. The number of amidine groups is 1. The molecule has 1 aromatic heterocycles. The molecule has 0 spiro atoms. The van der Waals surface area contributed by atoms with Gasteiger partial charge in [-0.05, 0) is 62.9 Å². The van der Waals surface area contributed by atoms with Crippen LogP contribution in [-0.4, -0.2) is 14.9 Å². The Morgan fingerprint density at radius 1 is 1.25 bits per heavy atom. The molecule has 0 amide bonds. The summed E-state index contributed by atoms with van der Waals surface area (Å²) in [5.41, 5.74) is 8.51. The van der Waals surface area contributed by atoms with Crippen molar-refractivity contribution in [3.05, 3.63) is 64.2 Å². The number of nitrogens with two attached hydrogens (primary N) is 1. The van der Waals surface area contributed by atoms with Crippen LogP contribution in [0.4, 0.5) is 4.39 Å². The number of fused-ring (bicyclic) bond motifs is 1. The summed E-state index contributed by atoms with van der Waals surface area (Å²) in [6.45, 7) is 5.97. The van der Waals surface area contributed by atoms with Crippen LogP contribution >= 0.6 is 11.8 Å². The summed E-state index contributed by atoms with van der Waals surface area (Å²) >= 11 is 1.58. The Bertz CT molecular complexity index is 1120. The fraction of sp³-hybridized carbons (Fsp3) is 0.318. The molecule has 28 heavy (non-hydrogen) atoms. The Kier molecular flexibility index (Phi) is 4.21. The van der Waals surface area contributed by atoms with Gasteiger partial charge in [0.2, 0.25) is 0 Å². The van der Waals surface area contributed by atoms with E-state index in [9.17, 15) is 4.39 Å². The summed E-state index contributed by atoms with van der Waals surface area (Å²) in [6.07, 6.45) is 2.46. The molecule has 1 aliphatic carbocycles. The second-order valence-corrected chi connectivity index (χ2v) is 9.27. The lowest BCUT2D eigenvalue weighted by molar-refractivity contribution is 0.395. The van der Waals surface area contributed by atoms with Gasteiger partial charge in [0.05, 0.1) is 11.1 Å². The minimum absolute atomic E-state index is 0.0260. The Morgan fingerprint density at radius 2 is 2.04 bits per heavy atom. The molecule has 0 bridgehead atoms. The van der Waals surface area contributed by atoms with Crippen molar-refractivity contribution in [1.29, 1.82) is 5.26 Å². The van der Waals surface area contributed by atoms with Crippen molar-refractivity contribution in [3.63, 3.8) is 0 Å². The fourth-order valence-electron chi connectivity index (χ4n) is 3.96. The third kappa shape index (κ3) is 3.04. The number of aryl methyl sites for hydroxylation is 1. The molecule has 1 fully saturated rings. The summed E-state index contributed by atoms with van der Waals surface area (Å²) in [7, 11) is 0. The van der Waals surface area contributed by atoms with Crippen LogP contribution < -0.4 is 5.73 Å². The second-order valence-electron chi connectivity index (χ2n) is 7.71.